The summed E-state index contributed by atoms with van der Waals surface area (Å²) < 4.78 is 5.95. The van der Waals surface area contributed by atoms with E-state index in [0.717, 1.165) is 23.3 Å². The molecule has 1 rings (SSSR count). The molecule has 104 valence electrons. The summed E-state index contributed by atoms with van der Waals surface area (Å²) in [5.74, 6) is 0.640. The van der Waals surface area contributed by atoms with Crippen LogP contribution in [0.15, 0.2) is 9.85 Å². The Labute approximate surface area is 126 Å². The Bertz CT molecular complexity index is 374. The molecule has 0 aliphatic rings. The summed E-state index contributed by atoms with van der Waals surface area (Å²) in [5, 5.41) is 6.08. The molecule has 1 aromatic rings. The van der Waals surface area contributed by atoms with Crippen molar-refractivity contribution in [2.75, 3.05) is 26.7 Å². The van der Waals surface area contributed by atoms with Gasteiger partial charge in [-0.15, -0.1) is 23.7 Å². The molecule has 7 heteroatoms. The first-order valence-corrected chi connectivity index (χ1v) is 7.12. The number of nitrogens with one attached hydrogen (secondary N) is 2. The number of hydrogen-bond donors (Lipinski definition) is 2. The highest BCUT2D eigenvalue weighted by atomic mass is 79.9. The highest BCUT2D eigenvalue weighted by Gasteiger charge is 2.12. The molecule has 18 heavy (non-hydrogen) atoms. The molecule has 1 amide bonds. The molecule has 0 saturated heterocycles. The fraction of sp³-hybridized carbons (Fsp3) is 0.545. The second-order valence-electron chi connectivity index (χ2n) is 3.46. The highest BCUT2D eigenvalue weighted by molar-refractivity contribution is 9.11. The first kappa shape index (κ1) is 17.7. The number of ether oxygens (including phenoxy) is 1. The Morgan fingerprint density at radius 3 is 2.72 bits per heavy atom. The minimum atomic E-state index is -0.0581. The van der Waals surface area contributed by atoms with Gasteiger partial charge in [0.2, 0.25) is 0 Å². The van der Waals surface area contributed by atoms with Crippen molar-refractivity contribution >= 4 is 45.6 Å². The molecule has 0 aliphatic carbocycles. The van der Waals surface area contributed by atoms with E-state index in [4.69, 9.17) is 4.74 Å². The maximum atomic E-state index is 11.8. The zero-order valence-electron chi connectivity index (χ0n) is 10.4. The van der Waals surface area contributed by atoms with Gasteiger partial charge >= 0.3 is 0 Å². The van der Waals surface area contributed by atoms with E-state index < -0.39 is 0 Å². The van der Waals surface area contributed by atoms with E-state index in [9.17, 15) is 4.79 Å². The Balaban J connectivity index is 0.00000289. The third-order valence-corrected chi connectivity index (χ3v) is 3.89. The highest BCUT2D eigenvalue weighted by Crippen LogP contribution is 2.34. The summed E-state index contributed by atoms with van der Waals surface area (Å²) in [6, 6.07) is 1.74. The maximum absolute atomic E-state index is 11.8. The van der Waals surface area contributed by atoms with Gasteiger partial charge in [-0.25, -0.2) is 0 Å². The molecule has 0 spiro atoms. The molecule has 0 fully saturated rings. The molecule has 0 radical (unpaired) electrons. The number of methoxy groups -OCH3 is 1. The standard InChI is InChI=1S/C11H17BrN2O2S.ClH/c1-3-4-13-5-6-14-11(15)9-7-8(16-2)10(12)17-9;/h7,13H,3-6H2,1-2H3,(H,14,15);1H. The molecular formula is C11H18BrClN2O2S. The average Bonchev–Trinajstić information content (AvgIpc) is 2.70. The maximum Gasteiger partial charge on any atom is 0.261 e. The zero-order valence-corrected chi connectivity index (χ0v) is 13.6. The third-order valence-electron chi connectivity index (χ3n) is 2.11. The molecule has 0 atom stereocenters. The summed E-state index contributed by atoms with van der Waals surface area (Å²) in [4.78, 5) is 12.4. The lowest BCUT2D eigenvalue weighted by Crippen LogP contribution is -2.31. The van der Waals surface area contributed by atoms with E-state index in [0.29, 0.717) is 17.2 Å². The van der Waals surface area contributed by atoms with Gasteiger partial charge < -0.3 is 15.4 Å². The van der Waals surface area contributed by atoms with E-state index in [1.807, 2.05) is 0 Å². The minimum absolute atomic E-state index is 0. The molecule has 1 heterocycles. The number of rotatable bonds is 7. The number of amides is 1. The Morgan fingerprint density at radius 2 is 2.17 bits per heavy atom. The lowest BCUT2D eigenvalue weighted by Gasteiger charge is -2.04. The normalized spacial score (nSPS) is 9.72. The van der Waals surface area contributed by atoms with Crippen LogP contribution in [0.5, 0.6) is 5.75 Å². The van der Waals surface area contributed by atoms with Crippen LogP contribution in [0, 0.1) is 0 Å². The van der Waals surface area contributed by atoms with Crippen molar-refractivity contribution in [3.63, 3.8) is 0 Å². The van der Waals surface area contributed by atoms with E-state index in [1.54, 1.807) is 13.2 Å². The van der Waals surface area contributed by atoms with E-state index in [-0.39, 0.29) is 18.3 Å². The SMILES string of the molecule is CCCNCCNC(=O)c1cc(OC)c(Br)s1.Cl. The van der Waals surface area contributed by atoms with Crippen molar-refractivity contribution in [1.29, 1.82) is 0 Å². The third kappa shape index (κ3) is 5.56. The van der Waals surface area contributed by atoms with E-state index in [1.165, 1.54) is 11.3 Å². The first-order valence-electron chi connectivity index (χ1n) is 5.51. The smallest absolute Gasteiger partial charge is 0.261 e. The van der Waals surface area contributed by atoms with Gasteiger partial charge in [-0.3, -0.25) is 4.79 Å². The number of thiophene rings is 1. The molecule has 0 aromatic carbocycles. The van der Waals surface area contributed by atoms with Crippen LogP contribution in [-0.2, 0) is 0 Å². The minimum Gasteiger partial charge on any atom is -0.495 e. The quantitative estimate of drug-likeness (QED) is 0.738. The van der Waals surface area contributed by atoms with Gasteiger partial charge in [0.25, 0.3) is 5.91 Å². The Hall–Kier alpha value is -0.300. The van der Waals surface area contributed by atoms with Crippen LogP contribution >= 0.6 is 39.7 Å². The second kappa shape index (κ2) is 9.61. The van der Waals surface area contributed by atoms with E-state index in [2.05, 4.69) is 33.5 Å². The second-order valence-corrected chi connectivity index (χ2v) is 5.83. The number of carbonyl (C=O) groups excluding carboxylic acids is 1. The number of carbonyl (C=O) groups is 1. The van der Waals surface area contributed by atoms with Gasteiger partial charge in [-0.2, -0.15) is 0 Å². The topological polar surface area (TPSA) is 50.4 Å². The van der Waals surface area contributed by atoms with Gasteiger partial charge in [-0.1, -0.05) is 6.92 Å². The van der Waals surface area contributed by atoms with Crippen LogP contribution in [0.4, 0.5) is 0 Å². The monoisotopic (exact) mass is 356 g/mol. The van der Waals surface area contributed by atoms with Gasteiger partial charge in [-0.05, 0) is 28.9 Å². The summed E-state index contributed by atoms with van der Waals surface area (Å²) in [7, 11) is 1.59. The van der Waals surface area contributed by atoms with E-state index >= 15 is 0 Å². The predicted molar refractivity (Wildman–Crippen MR) is 81.3 cm³/mol. The van der Waals surface area contributed by atoms with Gasteiger partial charge in [0.15, 0.2) is 0 Å². The average molecular weight is 358 g/mol. The summed E-state index contributed by atoms with van der Waals surface area (Å²) >= 11 is 4.72. The van der Waals surface area contributed by atoms with Crippen molar-refractivity contribution < 1.29 is 9.53 Å². The molecule has 0 aliphatic heterocycles. The molecular weight excluding hydrogens is 340 g/mol. The van der Waals surface area contributed by atoms with Crippen LogP contribution in [0.25, 0.3) is 0 Å². The Morgan fingerprint density at radius 1 is 1.44 bits per heavy atom. The lowest BCUT2D eigenvalue weighted by atomic mass is 10.4. The van der Waals surface area contributed by atoms with Gasteiger partial charge in [0.05, 0.1) is 12.0 Å². The fourth-order valence-electron chi connectivity index (χ4n) is 1.26. The zero-order chi connectivity index (χ0) is 12.7. The van der Waals surface area contributed by atoms with Crippen LogP contribution < -0.4 is 15.4 Å². The summed E-state index contributed by atoms with van der Waals surface area (Å²) in [5.41, 5.74) is 0. The summed E-state index contributed by atoms with van der Waals surface area (Å²) in [6.45, 7) is 4.52. The van der Waals surface area contributed by atoms with Crippen LogP contribution in [0.2, 0.25) is 0 Å². The lowest BCUT2D eigenvalue weighted by molar-refractivity contribution is 0.0958. The molecule has 0 saturated carbocycles. The molecule has 0 unspecified atom stereocenters. The molecule has 4 nitrogen and oxygen atoms in total. The number of halogens is 2. The van der Waals surface area contributed by atoms with Crippen molar-refractivity contribution in [2.24, 2.45) is 0 Å². The molecule has 1 aromatic heterocycles. The number of hydrogen-bond acceptors (Lipinski definition) is 4. The predicted octanol–water partition coefficient (Wildman–Crippen LogP) is 2.67. The van der Waals surface area contributed by atoms with Gasteiger partial charge in [0.1, 0.15) is 9.54 Å². The van der Waals surface area contributed by atoms with Crippen molar-refractivity contribution in [2.45, 2.75) is 13.3 Å². The fourth-order valence-corrected chi connectivity index (χ4v) is 2.82. The molecule has 0 bridgehead atoms. The molecule has 2 N–H and O–H groups in total. The van der Waals surface area contributed by atoms with Crippen molar-refractivity contribution in [3.8, 4) is 5.75 Å². The summed E-state index contributed by atoms with van der Waals surface area (Å²) in [6.07, 6.45) is 1.10. The van der Waals surface area contributed by atoms with Crippen LogP contribution in [0.1, 0.15) is 23.0 Å². The Kier molecular flexibility index (Phi) is 9.45. The van der Waals surface area contributed by atoms with Crippen molar-refractivity contribution in [3.05, 3.63) is 14.7 Å². The van der Waals surface area contributed by atoms with Crippen LogP contribution in [0.3, 0.4) is 0 Å². The van der Waals surface area contributed by atoms with Crippen molar-refractivity contribution in [1.82, 2.24) is 10.6 Å². The largest absolute Gasteiger partial charge is 0.495 e. The first-order chi connectivity index (χ1) is 8.19. The van der Waals surface area contributed by atoms with Gasteiger partial charge in [0, 0.05) is 19.2 Å². The van der Waals surface area contributed by atoms with Crippen LogP contribution in [-0.4, -0.2) is 32.7 Å².